The third-order valence-corrected chi connectivity index (χ3v) is 3.38. The Balaban J connectivity index is 1.91. The highest BCUT2D eigenvalue weighted by atomic mass is 19.1. The molecule has 0 aliphatic carbocycles. The molecule has 0 aliphatic rings. The molecule has 2 rings (SSSR count). The molecule has 0 radical (unpaired) electrons. The minimum absolute atomic E-state index is 0.0802. The van der Waals surface area contributed by atoms with Crippen molar-refractivity contribution in [2.24, 2.45) is 11.6 Å². The molecule has 2 aromatic rings. The molecule has 25 heavy (non-hydrogen) atoms. The molecule has 0 spiro atoms. The van der Waals surface area contributed by atoms with Crippen LogP contribution in [0, 0.1) is 11.6 Å². The predicted molar refractivity (Wildman–Crippen MR) is 90.4 cm³/mol. The normalized spacial score (nSPS) is 10.4. The lowest BCUT2D eigenvalue weighted by molar-refractivity contribution is 0.139. The van der Waals surface area contributed by atoms with E-state index < -0.39 is 17.7 Å². The average molecular weight is 350 g/mol. The number of carbonyl (C=O) groups is 1. The monoisotopic (exact) mass is 350 g/mol. The van der Waals surface area contributed by atoms with Gasteiger partial charge in [0.1, 0.15) is 12.3 Å². The molecular formula is C17H20F2N4O2. The second-order valence-corrected chi connectivity index (χ2v) is 5.31. The summed E-state index contributed by atoms with van der Waals surface area (Å²) in [5.41, 5.74) is 6.04. The van der Waals surface area contributed by atoms with Crippen molar-refractivity contribution < 1.29 is 18.3 Å². The highest BCUT2D eigenvalue weighted by Gasteiger charge is 2.16. The van der Waals surface area contributed by atoms with Gasteiger partial charge in [0.2, 0.25) is 0 Å². The maximum absolute atomic E-state index is 14.0. The Morgan fingerprint density at radius 1 is 1.12 bits per heavy atom. The fourth-order valence-corrected chi connectivity index (χ4v) is 2.19. The number of anilines is 1. The number of hydrazine groups is 1. The SMILES string of the molecule is NCCN(N)c1c(F)cc(CNC(=O)OCc2ccccc2)cc1F. The van der Waals surface area contributed by atoms with Gasteiger partial charge in [-0.3, -0.25) is 0 Å². The van der Waals surface area contributed by atoms with Gasteiger partial charge in [-0.05, 0) is 23.3 Å². The standard InChI is InChI=1S/C17H20F2N4O2/c18-14-8-13(9-15(19)16(14)23(21)7-6-20)10-22-17(24)25-11-12-4-2-1-3-5-12/h1-5,8-9H,6-7,10-11,20-21H2,(H,22,24). The third kappa shape index (κ3) is 5.40. The van der Waals surface area contributed by atoms with Crippen molar-refractivity contribution in [2.45, 2.75) is 13.2 Å². The van der Waals surface area contributed by atoms with Crippen LogP contribution in [-0.4, -0.2) is 19.2 Å². The molecule has 1 amide bonds. The first-order chi connectivity index (χ1) is 12.0. The lowest BCUT2D eigenvalue weighted by Gasteiger charge is -2.19. The second-order valence-electron chi connectivity index (χ2n) is 5.31. The number of halogens is 2. The van der Waals surface area contributed by atoms with Gasteiger partial charge < -0.3 is 20.8 Å². The fourth-order valence-electron chi connectivity index (χ4n) is 2.19. The zero-order chi connectivity index (χ0) is 18.2. The van der Waals surface area contributed by atoms with Gasteiger partial charge in [-0.2, -0.15) is 0 Å². The number of rotatable bonds is 7. The van der Waals surface area contributed by atoms with Gasteiger partial charge in [0.15, 0.2) is 11.6 Å². The molecule has 2 aromatic carbocycles. The lowest BCUT2D eigenvalue weighted by Crippen LogP contribution is -2.37. The largest absolute Gasteiger partial charge is 0.445 e. The minimum atomic E-state index is -0.828. The molecule has 0 saturated carbocycles. The van der Waals surface area contributed by atoms with Gasteiger partial charge in [0, 0.05) is 19.6 Å². The summed E-state index contributed by atoms with van der Waals surface area (Å²) in [7, 11) is 0. The average Bonchev–Trinajstić information content (AvgIpc) is 2.58. The van der Waals surface area contributed by atoms with Crippen LogP contribution >= 0.6 is 0 Å². The highest BCUT2D eigenvalue weighted by molar-refractivity contribution is 5.67. The van der Waals surface area contributed by atoms with E-state index in [9.17, 15) is 13.6 Å². The van der Waals surface area contributed by atoms with Gasteiger partial charge in [-0.25, -0.2) is 19.4 Å². The van der Waals surface area contributed by atoms with Crippen LogP contribution in [-0.2, 0) is 17.9 Å². The Bertz CT molecular complexity index is 690. The predicted octanol–water partition coefficient (Wildman–Crippen LogP) is 2.03. The van der Waals surface area contributed by atoms with Crippen LogP contribution in [0.3, 0.4) is 0 Å². The zero-order valence-corrected chi connectivity index (χ0v) is 13.5. The van der Waals surface area contributed by atoms with Crippen molar-refractivity contribution in [3.63, 3.8) is 0 Å². The van der Waals surface area contributed by atoms with Crippen molar-refractivity contribution in [1.29, 1.82) is 0 Å². The lowest BCUT2D eigenvalue weighted by atomic mass is 10.1. The Morgan fingerprint density at radius 2 is 1.76 bits per heavy atom. The first-order valence-corrected chi connectivity index (χ1v) is 7.66. The highest BCUT2D eigenvalue weighted by Crippen LogP contribution is 2.23. The molecule has 0 fully saturated rings. The molecule has 0 bridgehead atoms. The summed E-state index contributed by atoms with van der Waals surface area (Å²) in [6.07, 6.45) is -0.683. The Morgan fingerprint density at radius 3 is 2.36 bits per heavy atom. The Labute approximate surface area is 144 Å². The van der Waals surface area contributed by atoms with Crippen LogP contribution in [0.25, 0.3) is 0 Å². The van der Waals surface area contributed by atoms with Gasteiger partial charge >= 0.3 is 6.09 Å². The number of hydrogen-bond acceptors (Lipinski definition) is 5. The summed E-state index contributed by atoms with van der Waals surface area (Å²) in [5.74, 6) is 3.90. The molecule has 5 N–H and O–H groups in total. The molecular weight excluding hydrogens is 330 g/mol. The molecule has 0 heterocycles. The zero-order valence-electron chi connectivity index (χ0n) is 13.5. The summed E-state index contributed by atoms with van der Waals surface area (Å²) >= 11 is 0. The van der Waals surface area contributed by atoms with Crippen LogP contribution < -0.4 is 21.9 Å². The van der Waals surface area contributed by atoms with E-state index in [-0.39, 0.29) is 37.5 Å². The Hall–Kier alpha value is -2.71. The number of hydrogen-bond donors (Lipinski definition) is 3. The van der Waals surface area contributed by atoms with E-state index in [2.05, 4.69) is 5.32 Å². The second kappa shape index (κ2) is 8.95. The number of nitrogens with one attached hydrogen (secondary N) is 1. The number of nitrogens with two attached hydrogens (primary N) is 2. The molecule has 0 atom stereocenters. The van der Waals surface area contributed by atoms with Crippen LogP contribution in [0.5, 0.6) is 0 Å². The van der Waals surface area contributed by atoms with Crippen LogP contribution in [0.4, 0.5) is 19.3 Å². The van der Waals surface area contributed by atoms with Gasteiger partial charge in [0.25, 0.3) is 0 Å². The summed E-state index contributed by atoms with van der Waals surface area (Å²) in [6.45, 7) is 0.294. The topological polar surface area (TPSA) is 93.6 Å². The maximum Gasteiger partial charge on any atom is 0.407 e. The van der Waals surface area contributed by atoms with Crippen LogP contribution in [0.15, 0.2) is 42.5 Å². The van der Waals surface area contributed by atoms with Crippen molar-refractivity contribution in [3.05, 3.63) is 65.2 Å². The van der Waals surface area contributed by atoms with Crippen molar-refractivity contribution >= 4 is 11.8 Å². The number of carbonyl (C=O) groups excluding carboxylic acids is 1. The van der Waals surface area contributed by atoms with Gasteiger partial charge in [-0.15, -0.1) is 0 Å². The first-order valence-electron chi connectivity index (χ1n) is 7.66. The molecule has 0 aromatic heterocycles. The van der Waals surface area contributed by atoms with Crippen LogP contribution in [0.1, 0.15) is 11.1 Å². The Kier molecular flexibility index (Phi) is 6.67. The van der Waals surface area contributed by atoms with E-state index in [1.807, 2.05) is 30.3 Å². The van der Waals surface area contributed by atoms with E-state index in [1.54, 1.807) is 0 Å². The first kappa shape index (κ1) is 18.6. The van der Waals surface area contributed by atoms with E-state index in [0.717, 1.165) is 22.7 Å². The summed E-state index contributed by atoms with van der Waals surface area (Å²) < 4.78 is 33.1. The van der Waals surface area contributed by atoms with Crippen molar-refractivity contribution in [2.75, 3.05) is 18.1 Å². The fraction of sp³-hybridized carbons (Fsp3) is 0.235. The molecule has 6 nitrogen and oxygen atoms in total. The number of nitrogens with zero attached hydrogens (tertiary/aromatic N) is 1. The van der Waals surface area contributed by atoms with E-state index >= 15 is 0 Å². The van der Waals surface area contributed by atoms with Gasteiger partial charge in [-0.1, -0.05) is 30.3 Å². The molecule has 0 unspecified atom stereocenters. The van der Waals surface area contributed by atoms with Crippen molar-refractivity contribution in [3.8, 4) is 0 Å². The molecule has 8 heteroatoms. The summed E-state index contributed by atoms with van der Waals surface area (Å²) in [4.78, 5) is 11.7. The summed E-state index contributed by atoms with van der Waals surface area (Å²) in [5, 5.41) is 3.35. The van der Waals surface area contributed by atoms with E-state index in [0.29, 0.717) is 0 Å². The number of benzene rings is 2. The maximum atomic E-state index is 14.0. The van der Waals surface area contributed by atoms with Gasteiger partial charge in [0.05, 0.1) is 0 Å². The van der Waals surface area contributed by atoms with Crippen molar-refractivity contribution in [1.82, 2.24) is 5.32 Å². The number of alkyl carbamates (subject to hydrolysis) is 1. The van der Waals surface area contributed by atoms with E-state index in [1.165, 1.54) is 0 Å². The summed E-state index contributed by atoms with van der Waals surface area (Å²) in [6, 6.07) is 11.3. The van der Waals surface area contributed by atoms with E-state index in [4.69, 9.17) is 16.3 Å². The third-order valence-electron chi connectivity index (χ3n) is 3.38. The minimum Gasteiger partial charge on any atom is -0.445 e. The smallest absolute Gasteiger partial charge is 0.407 e. The van der Waals surface area contributed by atoms with Crippen LogP contribution in [0.2, 0.25) is 0 Å². The number of amides is 1. The number of ether oxygens (including phenoxy) is 1. The molecule has 134 valence electrons. The molecule has 0 saturated heterocycles. The molecule has 0 aliphatic heterocycles. The quantitative estimate of drug-likeness (QED) is 0.525.